The largest absolute Gasteiger partial charge is 0.357 e. The molecular formula is C11H9Br2N3S. The lowest BCUT2D eigenvalue weighted by Crippen LogP contribution is -1.97. The number of benzene rings is 1. The molecule has 0 saturated heterocycles. The van der Waals surface area contributed by atoms with Gasteiger partial charge in [0.15, 0.2) is 0 Å². The van der Waals surface area contributed by atoms with E-state index < -0.39 is 0 Å². The van der Waals surface area contributed by atoms with Gasteiger partial charge in [0.2, 0.25) is 5.95 Å². The summed E-state index contributed by atoms with van der Waals surface area (Å²) in [6.45, 7) is 0. The second kappa shape index (κ2) is 5.84. The highest BCUT2D eigenvalue weighted by atomic mass is 79.9. The number of hydrogen-bond donors (Lipinski definition) is 1. The summed E-state index contributed by atoms with van der Waals surface area (Å²) in [5.41, 5.74) is 0. The second-order valence-corrected chi connectivity index (χ2v) is 5.99. The summed E-state index contributed by atoms with van der Waals surface area (Å²) in [4.78, 5) is 9.64. The minimum absolute atomic E-state index is 0.616. The van der Waals surface area contributed by atoms with Crippen molar-refractivity contribution in [3.05, 3.63) is 39.4 Å². The molecule has 0 bridgehead atoms. The lowest BCUT2D eigenvalue weighted by atomic mass is 10.4. The van der Waals surface area contributed by atoms with Crippen LogP contribution in [0.3, 0.4) is 0 Å². The van der Waals surface area contributed by atoms with Crippen LogP contribution in [-0.2, 0) is 0 Å². The van der Waals surface area contributed by atoms with Gasteiger partial charge in [-0.15, -0.1) is 0 Å². The fourth-order valence-corrected chi connectivity index (χ4v) is 3.01. The van der Waals surface area contributed by atoms with Crippen molar-refractivity contribution >= 4 is 49.6 Å². The highest BCUT2D eigenvalue weighted by Gasteiger charge is 2.06. The Hall–Kier alpha value is -0.590. The molecule has 6 heteroatoms. The lowest BCUT2D eigenvalue weighted by molar-refractivity contribution is 1.03. The zero-order valence-corrected chi connectivity index (χ0v) is 12.9. The van der Waals surface area contributed by atoms with Crippen molar-refractivity contribution < 1.29 is 0 Å². The maximum Gasteiger partial charge on any atom is 0.223 e. The molecule has 88 valence electrons. The molecule has 0 aliphatic rings. The zero-order chi connectivity index (χ0) is 12.3. The highest BCUT2D eigenvalue weighted by Crippen LogP contribution is 2.33. The van der Waals surface area contributed by atoms with Crippen LogP contribution in [0.1, 0.15) is 0 Å². The average Bonchev–Trinajstić information content (AvgIpc) is 2.32. The SMILES string of the molecule is CNc1ncc(Br)c(Sc2cccc(Br)c2)n1. The summed E-state index contributed by atoms with van der Waals surface area (Å²) in [7, 11) is 1.80. The molecule has 0 saturated carbocycles. The van der Waals surface area contributed by atoms with E-state index in [0.717, 1.165) is 18.9 Å². The van der Waals surface area contributed by atoms with Crippen molar-refractivity contribution in [2.45, 2.75) is 9.92 Å². The maximum atomic E-state index is 4.39. The van der Waals surface area contributed by atoms with Gasteiger partial charge in [0, 0.05) is 22.6 Å². The fraction of sp³-hybridized carbons (Fsp3) is 0.0909. The predicted molar refractivity (Wildman–Crippen MR) is 77.5 cm³/mol. The average molecular weight is 375 g/mol. The highest BCUT2D eigenvalue weighted by molar-refractivity contribution is 9.10. The molecule has 1 aromatic carbocycles. The Morgan fingerprint density at radius 2 is 2.12 bits per heavy atom. The van der Waals surface area contributed by atoms with Crippen LogP contribution in [0.2, 0.25) is 0 Å². The van der Waals surface area contributed by atoms with Crippen LogP contribution in [0.25, 0.3) is 0 Å². The molecule has 2 aromatic rings. The molecule has 1 aromatic heterocycles. The van der Waals surface area contributed by atoms with E-state index in [4.69, 9.17) is 0 Å². The Bertz CT molecular complexity index is 534. The summed E-state index contributed by atoms with van der Waals surface area (Å²) >= 11 is 8.49. The minimum Gasteiger partial charge on any atom is -0.357 e. The normalized spacial score (nSPS) is 10.3. The zero-order valence-electron chi connectivity index (χ0n) is 8.95. The lowest BCUT2D eigenvalue weighted by Gasteiger charge is -2.05. The Labute approximate surface area is 121 Å². The van der Waals surface area contributed by atoms with Crippen LogP contribution in [0.4, 0.5) is 5.95 Å². The van der Waals surface area contributed by atoms with Crippen molar-refractivity contribution in [1.29, 1.82) is 0 Å². The number of aromatic nitrogens is 2. The van der Waals surface area contributed by atoms with Gasteiger partial charge in [0.1, 0.15) is 5.03 Å². The standard InChI is InChI=1S/C11H9Br2N3S/c1-14-11-15-6-9(13)10(16-11)17-8-4-2-3-7(12)5-8/h2-6H,1H3,(H,14,15,16). The third kappa shape index (κ3) is 3.43. The molecule has 1 heterocycles. The molecular weight excluding hydrogens is 366 g/mol. The number of halogens is 2. The molecule has 0 atom stereocenters. The number of anilines is 1. The second-order valence-electron chi connectivity index (χ2n) is 3.16. The molecule has 1 N–H and O–H groups in total. The van der Waals surface area contributed by atoms with Gasteiger partial charge in [0.25, 0.3) is 0 Å². The molecule has 0 fully saturated rings. The molecule has 0 aliphatic heterocycles. The number of nitrogens with zero attached hydrogens (tertiary/aromatic N) is 2. The van der Waals surface area contributed by atoms with Gasteiger partial charge >= 0.3 is 0 Å². The van der Waals surface area contributed by atoms with E-state index in [-0.39, 0.29) is 0 Å². The molecule has 2 rings (SSSR count). The van der Waals surface area contributed by atoms with Crippen LogP contribution >= 0.6 is 43.6 Å². The van der Waals surface area contributed by atoms with Gasteiger partial charge in [-0.1, -0.05) is 33.8 Å². The topological polar surface area (TPSA) is 37.8 Å². The Balaban J connectivity index is 2.29. The van der Waals surface area contributed by atoms with Crippen molar-refractivity contribution in [3.8, 4) is 0 Å². The van der Waals surface area contributed by atoms with E-state index in [1.807, 2.05) is 18.2 Å². The van der Waals surface area contributed by atoms with Gasteiger partial charge < -0.3 is 5.32 Å². The van der Waals surface area contributed by atoms with E-state index in [1.54, 1.807) is 25.0 Å². The summed E-state index contributed by atoms with van der Waals surface area (Å²) in [6.07, 6.45) is 1.75. The maximum absolute atomic E-state index is 4.39. The number of nitrogens with one attached hydrogen (secondary N) is 1. The molecule has 17 heavy (non-hydrogen) atoms. The minimum atomic E-state index is 0.616. The van der Waals surface area contributed by atoms with E-state index in [9.17, 15) is 0 Å². The Morgan fingerprint density at radius 3 is 2.82 bits per heavy atom. The number of rotatable bonds is 3. The van der Waals surface area contributed by atoms with E-state index in [2.05, 4.69) is 53.2 Å². The fourth-order valence-electron chi connectivity index (χ4n) is 1.19. The quantitative estimate of drug-likeness (QED) is 0.817. The molecule has 0 aliphatic carbocycles. The monoisotopic (exact) mass is 373 g/mol. The smallest absolute Gasteiger partial charge is 0.223 e. The van der Waals surface area contributed by atoms with E-state index in [1.165, 1.54) is 0 Å². The van der Waals surface area contributed by atoms with Crippen LogP contribution in [0.15, 0.2) is 49.3 Å². The first-order valence-electron chi connectivity index (χ1n) is 4.83. The van der Waals surface area contributed by atoms with Gasteiger partial charge in [-0.05, 0) is 34.1 Å². The number of hydrogen-bond acceptors (Lipinski definition) is 4. The first-order chi connectivity index (χ1) is 8.19. The van der Waals surface area contributed by atoms with E-state index in [0.29, 0.717) is 5.95 Å². The summed E-state index contributed by atoms with van der Waals surface area (Å²) in [5.74, 6) is 0.616. The van der Waals surface area contributed by atoms with Crippen LogP contribution in [-0.4, -0.2) is 17.0 Å². The first kappa shape index (κ1) is 12.9. The van der Waals surface area contributed by atoms with Crippen molar-refractivity contribution in [2.75, 3.05) is 12.4 Å². The van der Waals surface area contributed by atoms with Gasteiger partial charge in [-0.3, -0.25) is 0 Å². The Morgan fingerprint density at radius 1 is 1.29 bits per heavy atom. The Kier molecular flexibility index (Phi) is 4.42. The van der Waals surface area contributed by atoms with Crippen molar-refractivity contribution in [2.24, 2.45) is 0 Å². The summed E-state index contributed by atoms with van der Waals surface area (Å²) in [6, 6.07) is 8.10. The predicted octanol–water partition coefficient (Wildman–Crippen LogP) is 4.19. The van der Waals surface area contributed by atoms with Crippen LogP contribution in [0.5, 0.6) is 0 Å². The summed E-state index contributed by atoms with van der Waals surface area (Å²) in [5, 5.41) is 3.82. The van der Waals surface area contributed by atoms with E-state index >= 15 is 0 Å². The first-order valence-corrected chi connectivity index (χ1v) is 7.23. The van der Waals surface area contributed by atoms with Gasteiger partial charge in [0.05, 0.1) is 4.47 Å². The van der Waals surface area contributed by atoms with Gasteiger partial charge in [-0.2, -0.15) is 0 Å². The molecule has 3 nitrogen and oxygen atoms in total. The van der Waals surface area contributed by atoms with Crippen molar-refractivity contribution in [1.82, 2.24) is 9.97 Å². The van der Waals surface area contributed by atoms with Crippen LogP contribution < -0.4 is 5.32 Å². The molecule has 0 amide bonds. The molecule has 0 unspecified atom stereocenters. The third-order valence-corrected chi connectivity index (χ3v) is 4.28. The molecule has 0 radical (unpaired) electrons. The van der Waals surface area contributed by atoms with Crippen molar-refractivity contribution in [3.63, 3.8) is 0 Å². The van der Waals surface area contributed by atoms with Gasteiger partial charge in [-0.25, -0.2) is 9.97 Å². The van der Waals surface area contributed by atoms with Crippen LogP contribution in [0, 0.1) is 0 Å². The molecule has 0 spiro atoms. The summed E-state index contributed by atoms with van der Waals surface area (Å²) < 4.78 is 1.95. The third-order valence-electron chi connectivity index (χ3n) is 1.95.